The van der Waals surface area contributed by atoms with Gasteiger partial charge in [-0.25, -0.2) is 4.98 Å². The van der Waals surface area contributed by atoms with E-state index in [-0.39, 0.29) is 12.0 Å². The molecule has 2 aliphatic rings. The average Bonchev–Trinajstić information content (AvgIpc) is 3.19. The molecule has 2 aliphatic heterocycles. The van der Waals surface area contributed by atoms with E-state index in [4.69, 9.17) is 29.9 Å². The Labute approximate surface area is 211 Å². The lowest BCUT2D eigenvalue weighted by Gasteiger charge is -2.28. The number of carbonyl (C=O) groups excluding carboxylic acids is 1. The van der Waals surface area contributed by atoms with E-state index >= 15 is 0 Å². The smallest absolute Gasteiger partial charge is 0.251 e. The highest BCUT2D eigenvalue weighted by molar-refractivity contribution is 6.05. The number of benzene rings is 2. The Balaban J connectivity index is 1.47. The number of nitrogen functional groups attached to an aromatic ring is 1. The summed E-state index contributed by atoms with van der Waals surface area (Å²) < 4.78 is 17.1. The van der Waals surface area contributed by atoms with Crippen molar-refractivity contribution in [3.05, 3.63) is 36.4 Å². The first kappa shape index (κ1) is 24.1. The van der Waals surface area contributed by atoms with Crippen LogP contribution in [0, 0.1) is 0 Å². The number of fused-ring (bicyclic) bond motifs is 1. The summed E-state index contributed by atoms with van der Waals surface area (Å²) in [6, 6.07) is 11.7. The number of carbonyl (C=O) groups is 1. The van der Waals surface area contributed by atoms with Crippen molar-refractivity contribution in [3.63, 3.8) is 0 Å². The molecule has 0 saturated carbocycles. The molecule has 5 rings (SSSR count). The van der Waals surface area contributed by atoms with Crippen molar-refractivity contribution in [2.75, 3.05) is 57.6 Å². The van der Waals surface area contributed by atoms with E-state index in [1.165, 1.54) is 0 Å². The third-order valence-electron chi connectivity index (χ3n) is 6.95. The Morgan fingerprint density at radius 2 is 1.86 bits per heavy atom. The number of ether oxygens (including phenoxy) is 3. The van der Waals surface area contributed by atoms with Gasteiger partial charge in [0.25, 0.3) is 5.91 Å². The molecule has 0 bridgehead atoms. The number of hydrogen-bond acceptors (Lipinski definition) is 8. The second-order valence-electron chi connectivity index (χ2n) is 9.18. The lowest BCUT2D eigenvalue weighted by molar-refractivity contribution is -0.146. The summed E-state index contributed by atoms with van der Waals surface area (Å²) in [5, 5.41) is 0.726. The molecule has 2 fully saturated rings. The van der Waals surface area contributed by atoms with E-state index in [0.29, 0.717) is 55.0 Å². The summed E-state index contributed by atoms with van der Waals surface area (Å²) in [4.78, 5) is 26.6. The minimum absolute atomic E-state index is 0.0971. The minimum Gasteiger partial charge on any atom is -0.493 e. The number of amides is 1. The lowest BCUT2D eigenvalue weighted by atomic mass is 9.99. The Morgan fingerprint density at radius 3 is 2.58 bits per heavy atom. The third-order valence-corrected chi connectivity index (χ3v) is 6.95. The standard InChI is InChI=1S/C27H33N5O4/c1-34-21-17-19-23(22(24(21)35-2)18-9-4-3-5-10-18)25(28)30-27(29-19)32-13-8-12-31(14-15-32)26(33)20-11-6-7-16-36-20/h3-5,9-10,17,20H,6-8,11-16H2,1-2H3,(H2,28,29,30)/t20-/m1/s1. The second kappa shape index (κ2) is 10.6. The molecule has 2 saturated heterocycles. The second-order valence-corrected chi connectivity index (χ2v) is 9.18. The lowest BCUT2D eigenvalue weighted by Crippen LogP contribution is -2.43. The molecular weight excluding hydrogens is 458 g/mol. The number of rotatable bonds is 5. The van der Waals surface area contributed by atoms with E-state index in [0.717, 1.165) is 48.7 Å². The maximum absolute atomic E-state index is 13.0. The molecule has 1 aromatic heterocycles. The van der Waals surface area contributed by atoms with Crippen LogP contribution in [0.3, 0.4) is 0 Å². The molecule has 0 spiro atoms. The van der Waals surface area contributed by atoms with Gasteiger partial charge in [0.05, 0.1) is 25.1 Å². The summed E-state index contributed by atoms with van der Waals surface area (Å²) in [5.74, 6) is 2.19. The summed E-state index contributed by atoms with van der Waals surface area (Å²) in [7, 11) is 3.23. The first-order valence-corrected chi connectivity index (χ1v) is 12.5. The molecule has 36 heavy (non-hydrogen) atoms. The van der Waals surface area contributed by atoms with Crippen LogP contribution in [0.2, 0.25) is 0 Å². The van der Waals surface area contributed by atoms with Gasteiger partial charge in [-0.15, -0.1) is 0 Å². The number of nitrogens with zero attached hydrogens (tertiary/aromatic N) is 4. The van der Waals surface area contributed by atoms with Crippen LogP contribution < -0.4 is 20.1 Å². The molecule has 0 aliphatic carbocycles. The number of nitrogens with two attached hydrogens (primary N) is 1. The topological polar surface area (TPSA) is 103 Å². The van der Waals surface area contributed by atoms with Gasteiger partial charge in [0.2, 0.25) is 5.95 Å². The summed E-state index contributed by atoms with van der Waals surface area (Å²) in [5.41, 5.74) is 9.00. The van der Waals surface area contributed by atoms with Gasteiger partial charge in [-0.3, -0.25) is 4.79 Å². The van der Waals surface area contributed by atoms with Gasteiger partial charge in [0.15, 0.2) is 11.5 Å². The maximum Gasteiger partial charge on any atom is 0.251 e. The molecule has 2 N–H and O–H groups in total. The predicted octanol–water partition coefficient (Wildman–Crippen LogP) is 3.50. The van der Waals surface area contributed by atoms with Crippen LogP contribution in [0.1, 0.15) is 25.7 Å². The van der Waals surface area contributed by atoms with Gasteiger partial charge < -0.3 is 29.7 Å². The van der Waals surface area contributed by atoms with Crippen LogP contribution in [0.25, 0.3) is 22.0 Å². The Hall–Kier alpha value is -3.59. The molecular formula is C27H33N5O4. The molecule has 9 nitrogen and oxygen atoms in total. The molecule has 190 valence electrons. The Morgan fingerprint density at radius 1 is 1.03 bits per heavy atom. The Kier molecular flexibility index (Phi) is 7.09. The monoisotopic (exact) mass is 491 g/mol. The zero-order valence-corrected chi connectivity index (χ0v) is 20.9. The van der Waals surface area contributed by atoms with E-state index in [9.17, 15) is 4.79 Å². The van der Waals surface area contributed by atoms with Crippen LogP contribution in [-0.4, -0.2) is 73.9 Å². The number of methoxy groups -OCH3 is 2. The summed E-state index contributed by atoms with van der Waals surface area (Å²) in [6.45, 7) is 3.32. The highest BCUT2D eigenvalue weighted by Crippen LogP contribution is 2.45. The van der Waals surface area contributed by atoms with Crippen LogP contribution >= 0.6 is 0 Å². The first-order chi connectivity index (χ1) is 17.6. The van der Waals surface area contributed by atoms with E-state index in [1.54, 1.807) is 14.2 Å². The van der Waals surface area contributed by atoms with Crippen LogP contribution in [-0.2, 0) is 9.53 Å². The van der Waals surface area contributed by atoms with Gasteiger partial charge in [0, 0.05) is 44.4 Å². The minimum atomic E-state index is -0.309. The quantitative estimate of drug-likeness (QED) is 0.579. The number of hydrogen-bond donors (Lipinski definition) is 1. The third kappa shape index (κ3) is 4.63. The highest BCUT2D eigenvalue weighted by atomic mass is 16.5. The fourth-order valence-corrected chi connectivity index (χ4v) is 5.12. The van der Waals surface area contributed by atoms with Crippen molar-refractivity contribution >= 4 is 28.6 Å². The molecule has 0 radical (unpaired) electrons. The van der Waals surface area contributed by atoms with Crippen molar-refractivity contribution in [2.24, 2.45) is 0 Å². The first-order valence-electron chi connectivity index (χ1n) is 12.5. The van der Waals surface area contributed by atoms with Crippen molar-refractivity contribution in [3.8, 4) is 22.6 Å². The number of aromatic nitrogens is 2. The van der Waals surface area contributed by atoms with Gasteiger partial charge in [-0.05, 0) is 31.2 Å². The van der Waals surface area contributed by atoms with Gasteiger partial charge in [0.1, 0.15) is 11.9 Å². The molecule has 0 unspecified atom stereocenters. The SMILES string of the molecule is COc1cc2nc(N3CCCN(C(=O)[C@H]4CCCCO4)CC3)nc(N)c2c(-c2ccccc2)c1OC. The molecule has 2 aromatic carbocycles. The largest absolute Gasteiger partial charge is 0.493 e. The molecule has 9 heteroatoms. The van der Waals surface area contributed by atoms with Gasteiger partial charge in [-0.2, -0.15) is 4.98 Å². The highest BCUT2D eigenvalue weighted by Gasteiger charge is 2.29. The fraction of sp³-hybridized carbons (Fsp3) is 0.444. The van der Waals surface area contributed by atoms with Crippen LogP contribution in [0.5, 0.6) is 11.5 Å². The fourth-order valence-electron chi connectivity index (χ4n) is 5.12. The zero-order chi connectivity index (χ0) is 25.1. The van der Waals surface area contributed by atoms with Crippen LogP contribution in [0.15, 0.2) is 36.4 Å². The van der Waals surface area contributed by atoms with E-state index in [2.05, 4.69) is 4.90 Å². The van der Waals surface area contributed by atoms with E-state index < -0.39 is 0 Å². The van der Waals surface area contributed by atoms with Gasteiger partial charge >= 0.3 is 0 Å². The van der Waals surface area contributed by atoms with Crippen molar-refractivity contribution in [1.29, 1.82) is 0 Å². The zero-order valence-electron chi connectivity index (χ0n) is 20.9. The van der Waals surface area contributed by atoms with Crippen molar-refractivity contribution in [2.45, 2.75) is 31.8 Å². The van der Waals surface area contributed by atoms with Crippen LogP contribution in [0.4, 0.5) is 11.8 Å². The van der Waals surface area contributed by atoms with E-state index in [1.807, 2.05) is 41.3 Å². The summed E-state index contributed by atoms with van der Waals surface area (Å²) in [6.07, 6.45) is 3.39. The Bertz CT molecular complexity index is 1230. The maximum atomic E-state index is 13.0. The average molecular weight is 492 g/mol. The van der Waals surface area contributed by atoms with Gasteiger partial charge in [-0.1, -0.05) is 30.3 Å². The molecule has 1 amide bonds. The normalized spacial score (nSPS) is 18.7. The molecule has 3 aromatic rings. The molecule has 1 atom stereocenters. The predicted molar refractivity (Wildman–Crippen MR) is 139 cm³/mol. The van der Waals surface area contributed by atoms with Crippen molar-refractivity contribution < 1.29 is 19.0 Å². The molecule has 3 heterocycles. The summed E-state index contributed by atoms with van der Waals surface area (Å²) >= 11 is 0. The van der Waals surface area contributed by atoms with Crippen molar-refractivity contribution in [1.82, 2.24) is 14.9 Å². The number of anilines is 2.